The second kappa shape index (κ2) is 7.43. The van der Waals surface area contributed by atoms with Crippen molar-refractivity contribution in [2.45, 2.75) is 6.10 Å². The SMILES string of the molecule is C=CC(=O)OOC(=O)C(OC(=O)C=C)C(=C)C(N)=O. The molecule has 1 atom stereocenters. The molecule has 0 aromatic heterocycles. The van der Waals surface area contributed by atoms with E-state index in [2.05, 4.69) is 34.2 Å². The fourth-order valence-electron chi connectivity index (χ4n) is 0.715. The molecule has 0 aliphatic carbocycles. The van der Waals surface area contributed by atoms with Crippen LogP contribution in [0.2, 0.25) is 0 Å². The Labute approximate surface area is 108 Å². The summed E-state index contributed by atoms with van der Waals surface area (Å²) >= 11 is 0. The van der Waals surface area contributed by atoms with Crippen LogP contribution in [0.25, 0.3) is 0 Å². The molecule has 0 saturated heterocycles. The van der Waals surface area contributed by atoms with Gasteiger partial charge in [0.2, 0.25) is 12.0 Å². The molecule has 0 spiro atoms. The van der Waals surface area contributed by atoms with Gasteiger partial charge in [-0.25, -0.2) is 24.2 Å². The number of hydrogen-bond donors (Lipinski definition) is 1. The largest absolute Gasteiger partial charge is 0.442 e. The van der Waals surface area contributed by atoms with Crippen molar-refractivity contribution in [3.63, 3.8) is 0 Å². The Morgan fingerprint density at radius 1 is 1.00 bits per heavy atom. The highest BCUT2D eigenvalue weighted by atomic mass is 17.2. The van der Waals surface area contributed by atoms with Gasteiger partial charge >= 0.3 is 17.9 Å². The molecular formula is C11H11NO7. The number of nitrogens with two attached hydrogens (primary N) is 1. The Bertz CT molecular complexity index is 452. The molecule has 19 heavy (non-hydrogen) atoms. The molecule has 0 aromatic rings. The Balaban J connectivity index is 4.86. The maximum absolute atomic E-state index is 11.4. The molecule has 0 aliphatic heterocycles. The summed E-state index contributed by atoms with van der Waals surface area (Å²) in [6, 6.07) is 0. The predicted octanol–water partition coefficient (Wildman–Crippen LogP) is -0.687. The van der Waals surface area contributed by atoms with E-state index >= 15 is 0 Å². The van der Waals surface area contributed by atoms with Gasteiger partial charge in [0, 0.05) is 12.2 Å². The quantitative estimate of drug-likeness (QED) is 0.293. The maximum atomic E-state index is 11.4. The first-order valence-corrected chi connectivity index (χ1v) is 4.69. The van der Waals surface area contributed by atoms with Gasteiger partial charge in [0.05, 0.1) is 5.57 Å². The summed E-state index contributed by atoms with van der Waals surface area (Å²) < 4.78 is 4.50. The summed E-state index contributed by atoms with van der Waals surface area (Å²) in [5.74, 6) is -4.56. The molecule has 0 bridgehead atoms. The van der Waals surface area contributed by atoms with Gasteiger partial charge in [-0.2, -0.15) is 0 Å². The van der Waals surface area contributed by atoms with Crippen LogP contribution in [-0.4, -0.2) is 29.9 Å². The second-order valence-corrected chi connectivity index (χ2v) is 2.92. The van der Waals surface area contributed by atoms with Crippen molar-refractivity contribution < 1.29 is 33.7 Å². The fourth-order valence-corrected chi connectivity index (χ4v) is 0.715. The Morgan fingerprint density at radius 2 is 1.53 bits per heavy atom. The van der Waals surface area contributed by atoms with Gasteiger partial charge in [-0.3, -0.25) is 4.79 Å². The molecule has 8 heteroatoms. The second-order valence-electron chi connectivity index (χ2n) is 2.92. The maximum Gasteiger partial charge on any atom is 0.400 e. The van der Waals surface area contributed by atoms with E-state index in [1.165, 1.54) is 0 Å². The lowest BCUT2D eigenvalue weighted by Crippen LogP contribution is -2.35. The lowest BCUT2D eigenvalue weighted by molar-refractivity contribution is -0.259. The molecule has 0 aliphatic rings. The third kappa shape index (κ3) is 5.31. The van der Waals surface area contributed by atoms with Crippen molar-refractivity contribution in [3.8, 4) is 0 Å². The van der Waals surface area contributed by atoms with Crippen molar-refractivity contribution in [2.24, 2.45) is 5.73 Å². The summed E-state index contributed by atoms with van der Waals surface area (Å²) in [4.78, 5) is 52.0. The molecule has 2 N–H and O–H groups in total. The van der Waals surface area contributed by atoms with Gasteiger partial charge in [0.15, 0.2) is 0 Å². The zero-order valence-corrected chi connectivity index (χ0v) is 9.79. The van der Waals surface area contributed by atoms with Gasteiger partial charge in [0.25, 0.3) is 0 Å². The van der Waals surface area contributed by atoms with Crippen LogP contribution >= 0.6 is 0 Å². The predicted molar refractivity (Wildman–Crippen MR) is 60.8 cm³/mol. The molecule has 0 radical (unpaired) electrons. The van der Waals surface area contributed by atoms with Crippen LogP contribution in [-0.2, 0) is 33.7 Å². The standard InChI is InChI=1S/C11H11NO7/c1-4-7(13)17-9(6(3)10(12)15)11(16)19-18-8(14)5-2/h4-5,9H,1-3H2,(H2,12,15). The molecule has 102 valence electrons. The van der Waals surface area contributed by atoms with Crippen LogP contribution in [0, 0.1) is 0 Å². The molecule has 0 fully saturated rings. The van der Waals surface area contributed by atoms with E-state index in [4.69, 9.17) is 5.73 Å². The van der Waals surface area contributed by atoms with Gasteiger partial charge < -0.3 is 10.5 Å². The Morgan fingerprint density at radius 3 is 1.95 bits per heavy atom. The summed E-state index contributed by atoms with van der Waals surface area (Å²) in [6.45, 7) is 9.31. The number of primary amides is 1. The summed E-state index contributed by atoms with van der Waals surface area (Å²) in [6.07, 6.45) is -0.383. The molecule has 0 rings (SSSR count). The summed E-state index contributed by atoms with van der Waals surface area (Å²) in [5.41, 5.74) is 4.33. The average Bonchev–Trinajstić information content (AvgIpc) is 2.40. The molecular weight excluding hydrogens is 258 g/mol. The number of amides is 1. The fraction of sp³-hybridized carbons (Fsp3) is 0.0909. The van der Waals surface area contributed by atoms with E-state index in [9.17, 15) is 19.2 Å². The minimum absolute atomic E-state index is 0.560. The third-order valence-electron chi connectivity index (χ3n) is 1.62. The van der Waals surface area contributed by atoms with Crippen LogP contribution in [0.3, 0.4) is 0 Å². The molecule has 0 heterocycles. The monoisotopic (exact) mass is 269 g/mol. The van der Waals surface area contributed by atoms with E-state index in [1.807, 2.05) is 0 Å². The number of esters is 1. The number of rotatable bonds is 6. The van der Waals surface area contributed by atoms with Gasteiger partial charge in [-0.1, -0.05) is 19.7 Å². The zero-order valence-electron chi connectivity index (χ0n) is 9.79. The highest BCUT2D eigenvalue weighted by Crippen LogP contribution is 2.08. The molecule has 1 amide bonds. The Hall–Kier alpha value is -2.90. The van der Waals surface area contributed by atoms with Crippen LogP contribution in [0.15, 0.2) is 37.5 Å². The van der Waals surface area contributed by atoms with Crippen molar-refractivity contribution >= 4 is 23.8 Å². The molecule has 1 unspecified atom stereocenters. The smallest absolute Gasteiger partial charge is 0.400 e. The lowest BCUT2D eigenvalue weighted by Gasteiger charge is -2.14. The first kappa shape index (κ1) is 16.1. The first-order valence-electron chi connectivity index (χ1n) is 4.69. The normalized spacial score (nSPS) is 10.5. The van der Waals surface area contributed by atoms with Crippen molar-refractivity contribution in [1.82, 2.24) is 0 Å². The molecule has 8 nitrogen and oxygen atoms in total. The number of ether oxygens (including phenoxy) is 1. The van der Waals surface area contributed by atoms with Gasteiger partial charge in [-0.05, 0) is 0 Å². The number of carbonyl (C=O) groups is 4. The van der Waals surface area contributed by atoms with E-state index in [1.54, 1.807) is 0 Å². The zero-order chi connectivity index (χ0) is 15.0. The highest BCUT2D eigenvalue weighted by Gasteiger charge is 2.31. The van der Waals surface area contributed by atoms with Crippen LogP contribution in [0.4, 0.5) is 0 Å². The topological polar surface area (TPSA) is 122 Å². The van der Waals surface area contributed by atoms with E-state index in [0.717, 1.165) is 12.2 Å². The van der Waals surface area contributed by atoms with Crippen LogP contribution in [0.1, 0.15) is 0 Å². The molecule has 0 saturated carbocycles. The van der Waals surface area contributed by atoms with Crippen molar-refractivity contribution in [2.75, 3.05) is 0 Å². The van der Waals surface area contributed by atoms with Crippen LogP contribution < -0.4 is 5.73 Å². The number of hydrogen-bond acceptors (Lipinski definition) is 7. The van der Waals surface area contributed by atoms with Crippen LogP contribution in [0.5, 0.6) is 0 Å². The lowest BCUT2D eigenvalue weighted by atomic mass is 10.1. The average molecular weight is 269 g/mol. The minimum Gasteiger partial charge on any atom is -0.442 e. The summed E-state index contributed by atoms with van der Waals surface area (Å²) in [5, 5.41) is 0. The minimum atomic E-state index is -1.85. The summed E-state index contributed by atoms with van der Waals surface area (Å²) in [7, 11) is 0. The van der Waals surface area contributed by atoms with Gasteiger partial charge in [-0.15, -0.1) is 0 Å². The van der Waals surface area contributed by atoms with Gasteiger partial charge in [0.1, 0.15) is 0 Å². The van der Waals surface area contributed by atoms with Crippen molar-refractivity contribution in [1.29, 1.82) is 0 Å². The Kier molecular flexibility index (Phi) is 6.30. The van der Waals surface area contributed by atoms with Crippen molar-refractivity contribution in [3.05, 3.63) is 37.5 Å². The van der Waals surface area contributed by atoms with E-state index in [0.29, 0.717) is 0 Å². The third-order valence-corrected chi connectivity index (χ3v) is 1.62. The van der Waals surface area contributed by atoms with E-state index < -0.39 is 35.5 Å². The first-order chi connectivity index (χ1) is 8.83. The number of carbonyl (C=O) groups excluding carboxylic acids is 4. The van der Waals surface area contributed by atoms with E-state index in [-0.39, 0.29) is 0 Å². The highest BCUT2D eigenvalue weighted by molar-refractivity contribution is 6.00. The molecule has 0 aromatic carbocycles.